The normalized spacial score (nSPS) is 15.1. The molecule has 0 aromatic heterocycles. The molecule has 0 radical (unpaired) electrons. The zero-order valence-electron chi connectivity index (χ0n) is 19.3. The van der Waals surface area contributed by atoms with Gasteiger partial charge in [0.05, 0.1) is 12.6 Å². The Morgan fingerprint density at radius 3 is 2.69 bits per heavy atom. The molecule has 0 saturated carbocycles. The minimum Gasteiger partial charge on any atom is -0.374 e. The summed E-state index contributed by atoms with van der Waals surface area (Å²) in [6, 6.07) is 18.7. The van der Waals surface area contributed by atoms with Crippen molar-refractivity contribution in [2.45, 2.75) is 52.3 Å². The fourth-order valence-corrected chi connectivity index (χ4v) is 3.79. The Hall–Kier alpha value is -2.86. The Morgan fingerprint density at radius 1 is 1.12 bits per heavy atom. The molecule has 1 amide bonds. The highest BCUT2D eigenvalue weighted by molar-refractivity contribution is 5.79. The minimum atomic E-state index is 0.0984. The lowest BCUT2D eigenvalue weighted by atomic mass is 10.1. The Morgan fingerprint density at radius 2 is 1.94 bits per heavy atom. The van der Waals surface area contributed by atoms with Gasteiger partial charge in [0.25, 0.3) is 0 Å². The number of nitrogens with one attached hydrogen (secondary N) is 2. The minimum absolute atomic E-state index is 0.0984. The van der Waals surface area contributed by atoms with Crippen LogP contribution in [-0.2, 0) is 22.6 Å². The number of aliphatic imine (C=N–C) groups is 1. The molecule has 2 N–H and O–H groups in total. The second-order valence-corrected chi connectivity index (χ2v) is 8.14. The molecule has 1 aliphatic heterocycles. The molecule has 2 aromatic carbocycles. The van der Waals surface area contributed by atoms with E-state index in [2.05, 4.69) is 54.8 Å². The third-order valence-electron chi connectivity index (χ3n) is 5.55. The second kappa shape index (κ2) is 12.9. The first-order chi connectivity index (χ1) is 15.7. The molecule has 1 unspecified atom stereocenters. The zero-order valence-corrected chi connectivity index (χ0v) is 19.3. The summed E-state index contributed by atoms with van der Waals surface area (Å²) in [7, 11) is 0. The number of likely N-dealkylation sites (tertiary alicyclic amines) is 1. The Kier molecular flexibility index (Phi) is 9.57. The number of hydrogen-bond donors (Lipinski definition) is 2. The van der Waals surface area contributed by atoms with E-state index >= 15 is 0 Å². The van der Waals surface area contributed by atoms with Crippen LogP contribution >= 0.6 is 0 Å². The third-order valence-corrected chi connectivity index (χ3v) is 5.55. The molecule has 6 nitrogen and oxygen atoms in total. The number of rotatable bonds is 11. The maximum atomic E-state index is 11.9. The number of hydrogen-bond acceptors (Lipinski definition) is 3. The van der Waals surface area contributed by atoms with Gasteiger partial charge < -0.3 is 20.3 Å². The van der Waals surface area contributed by atoms with Crippen LogP contribution in [0.4, 0.5) is 0 Å². The lowest BCUT2D eigenvalue weighted by Gasteiger charge is -2.16. The van der Waals surface area contributed by atoms with E-state index in [9.17, 15) is 4.79 Å². The lowest BCUT2D eigenvalue weighted by Crippen LogP contribution is -2.38. The SMILES string of the molecule is CCNC(=NCc1cccc(CN2CCCC2=O)c1)NCCCOC(C)c1ccccc1. The fraction of sp³-hybridized carbons (Fsp3) is 0.462. The highest BCUT2D eigenvalue weighted by Gasteiger charge is 2.19. The molecule has 1 heterocycles. The summed E-state index contributed by atoms with van der Waals surface area (Å²) in [4.78, 5) is 18.5. The molecule has 1 atom stereocenters. The number of carbonyl (C=O) groups is 1. The Bertz CT molecular complexity index is 869. The summed E-state index contributed by atoms with van der Waals surface area (Å²) in [6.45, 7) is 8.60. The third kappa shape index (κ3) is 7.68. The molecule has 3 rings (SSSR count). The Labute approximate surface area is 192 Å². The molecule has 2 aromatic rings. The van der Waals surface area contributed by atoms with Crippen molar-refractivity contribution in [2.24, 2.45) is 4.99 Å². The number of carbonyl (C=O) groups excluding carboxylic acids is 1. The van der Waals surface area contributed by atoms with Gasteiger partial charge in [0.1, 0.15) is 0 Å². The summed E-state index contributed by atoms with van der Waals surface area (Å²) < 4.78 is 5.95. The molecule has 1 fully saturated rings. The van der Waals surface area contributed by atoms with Crippen LogP contribution in [0.25, 0.3) is 0 Å². The van der Waals surface area contributed by atoms with Gasteiger partial charge in [0.15, 0.2) is 5.96 Å². The van der Waals surface area contributed by atoms with Crippen LogP contribution in [0.15, 0.2) is 59.6 Å². The number of nitrogens with zero attached hydrogens (tertiary/aromatic N) is 2. The monoisotopic (exact) mass is 436 g/mol. The van der Waals surface area contributed by atoms with E-state index in [4.69, 9.17) is 9.73 Å². The van der Waals surface area contributed by atoms with Gasteiger partial charge in [-0.15, -0.1) is 0 Å². The maximum absolute atomic E-state index is 11.9. The van der Waals surface area contributed by atoms with Crippen LogP contribution in [0, 0.1) is 0 Å². The highest BCUT2D eigenvalue weighted by atomic mass is 16.5. The lowest BCUT2D eigenvalue weighted by molar-refractivity contribution is -0.128. The molecule has 1 aliphatic rings. The molecule has 0 bridgehead atoms. The van der Waals surface area contributed by atoms with E-state index in [1.165, 1.54) is 5.56 Å². The highest BCUT2D eigenvalue weighted by Crippen LogP contribution is 2.16. The molecule has 1 saturated heterocycles. The van der Waals surface area contributed by atoms with Crippen LogP contribution in [0.5, 0.6) is 0 Å². The zero-order chi connectivity index (χ0) is 22.6. The molecule has 32 heavy (non-hydrogen) atoms. The van der Waals surface area contributed by atoms with Crippen molar-refractivity contribution >= 4 is 11.9 Å². The molecule has 0 aliphatic carbocycles. The van der Waals surface area contributed by atoms with Gasteiger partial charge in [0, 0.05) is 39.2 Å². The largest absolute Gasteiger partial charge is 0.374 e. The first-order valence-electron chi connectivity index (χ1n) is 11.7. The predicted molar refractivity (Wildman–Crippen MR) is 129 cm³/mol. The van der Waals surface area contributed by atoms with Gasteiger partial charge in [-0.2, -0.15) is 0 Å². The van der Waals surface area contributed by atoms with Crippen LogP contribution in [0.2, 0.25) is 0 Å². The van der Waals surface area contributed by atoms with Gasteiger partial charge in [-0.25, -0.2) is 4.99 Å². The van der Waals surface area contributed by atoms with E-state index in [-0.39, 0.29) is 12.0 Å². The van der Waals surface area contributed by atoms with Gasteiger partial charge in [-0.3, -0.25) is 4.79 Å². The average molecular weight is 437 g/mol. The van der Waals surface area contributed by atoms with Crippen LogP contribution in [-0.4, -0.2) is 43.0 Å². The molecular formula is C26H36N4O2. The number of guanidine groups is 1. The van der Waals surface area contributed by atoms with Crippen molar-refractivity contribution in [3.63, 3.8) is 0 Å². The van der Waals surface area contributed by atoms with E-state index < -0.39 is 0 Å². The molecule has 172 valence electrons. The quantitative estimate of drug-likeness (QED) is 0.317. The molecular weight excluding hydrogens is 400 g/mol. The molecule has 6 heteroatoms. The first kappa shape index (κ1) is 23.8. The van der Waals surface area contributed by atoms with Gasteiger partial charge >= 0.3 is 0 Å². The van der Waals surface area contributed by atoms with Gasteiger partial charge in [-0.1, -0.05) is 54.6 Å². The summed E-state index contributed by atoms with van der Waals surface area (Å²) in [5, 5.41) is 6.69. The van der Waals surface area contributed by atoms with Crippen molar-refractivity contribution < 1.29 is 9.53 Å². The van der Waals surface area contributed by atoms with Gasteiger partial charge in [-0.05, 0) is 43.4 Å². The van der Waals surface area contributed by atoms with Crippen molar-refractivity contribution in [3.8, 4) is 0 Å². The van der Waals surface area contributed by atoms with Crippen LogP contribution in [0.1, 0.15) is 55.9 Å². The van der Waals surface area contributed by atoms with Crippen LogP contribution in [0.3, 0.4) is 0 Å². The van der Waals surface area contributed by atoms with Gasteiger partial charge in [0.2, 0.25) is 5.91 Å². The summed E-state index contributed by atoms with van der Waals surface area (Å²) in [5.41, 5.74) is 3.51. The van der Waals surface area contributed by atoms with Crippen molar-refractivity contribution in [1.29, 1.82) is 0 Å². The Balaban J connectivity index is 1.43. The summed E-state index contributed by atoms with van der Waals surface area (Å²) in [5.74, 6) is 1.07. The van der Waals surface area contributed by atoms with E-state index in [0.29, 0.717) is 26.1 Å². The smallest absolute Gasteiger partial charge is 0.222 e. The summed E-state index contributed by atoms with van der Waals surface area (Å²) in [6.07, 6.45) is 2.65. The average Bonchev–Trinajstić information content (AvgIpc) is 3.22. The number of ether oxygens (including phenoxy) is 1. The predicted octanol–water partition coefficient (Wildman–Crippen LogP) is 4.03. The summed E-state index contributed by atoms with van der Waals surface area (Å²) >= 11 is 0. The van der Waals surface area contributed by atoms with E-state index in [1.54, 1.807) is 0 Å². The fourth-order valence-electron chi connectivity index (χ4n) is 3.79. The van der Waals surface area contributed by atoms with E-state index in [1.807, 2.05) is 29.2 Å². The van der Waals surface area contributed by atoms with Crippen molar-refractivity contribution in [3.05, 3.63) is 71.3 Å². The van der Waals surface area contributed by atoms with Crippen molar-refractivity contribution in [2.75, 3.05) is 26.2 Å². The molecule has 0 spiro atoms. The van der Waals surface area contributed by atoms with E-state index in [0.717, 1.165) is 49.6 Å². The standard InChI is InChI=1S/C26H36N4O2/c1-3-27-26(28-15-9-17-32-21(2)24-12-5-4-6-13-24)29-19-22-10-7-11-23(18-22)20-30-16-8-14-25(30)31/h4-7,10-13,18,21H,3,8-9,14-17,19-20H2,1-2H3,(H2,27,28,29). The number of amides is 1. The first-order valence-corrected chi connectivity index (χ1v) is 11.7. The topological polar surface area (TPSA) is 66.0 Å². The second-order valence-electron chi connectivity index (χ2n) is 8.14. The maximum Gasteiger partial charge on any atom is 0.222 e. The van der Waals surface area contributed by atoms with Crippen molar-refractivity contribution in [1.82, 2.24) is 15.5 Å². The van der Waals surface area contributed by atoms with Crippen LogP contribution < -0.4 is 10.6 Å². The number of benzene rings is 2.